The third kappa shape index (κ3) is 6.56. The first-order valence-corrected chi connectivity index (χ1v) is 13.3. The highest BCUT2D eigenvalue weighted by Gasteiger charge is 2.25. The Morgan fingerprint density at radius 1 is 1.00 bits per heavy atom. The van der Waals surface area contributed by atoms with Gasteiger partial charge in [0, 0.05) is 43.5 Å². The number of nitrogens with zero attached hydrogens (tertiary/aromatic N) is 4. The van der Waals surface area contributed by atoms with Crippen molar-refractivity contribution in [3.05, 3.63) is 125 Å². The van der Waals surface area contributed by atoms with Crippen LogP contribution >= 0.6 is 0 Å². The molecule has 0 saturated carbocycles. The van der Waals surface area contributed by atoms with Crippen LogP contribution in [-0.2, 0) is 17.8 Å². The molecule has 192 valence electrons. The van der Waals surface area contributed by atoms with Gasteiger partial charge in [0.25, 0.3) is 0 Å². The summed E-state index contributed by atoms with van der Waals surface area (Å²) in [4.78, 5) is 19.8. The Bertz CT molecular complexity index is 1320. The minimum Gasteiger partial charge on any atom is -0.352 e. The van der Waals surface area contributed by atoms with Crippen LogP contribution in [0.3, 0.4) is 0 Å². The number of aromatic nitrogens is 2. The lowest BCUT2D eigenvalue weighted by Gasteiger charge is -2.35. The first-order chi connectivity index (χ1) is 18.7. The molecule has 6 nitrogen and oxygen atoms in total. The Hall–Kier alpha value is -4.21. The number of nitriles is 1. The van der Waals surface area contributed by atoms with Crippen LogP contribution in [0.1, 0.15) is 46.7 Å². The summed E-state index contributed by atoms with van der Waals surface area (Å²) in [6, 6.07) is 31.2. The highest BCUT2D eigenvalue weighted by Crippen LogP contribution is 2.27. The zero-order valence-corrected chi connectivity index (χ0v) is 21.5. The number of carbonyl (C=O) groups excluding carboxylic acids is 1. The van der Waals surface area contributed by atoms with Gasteiger partial charge in [-0.25, -0.2) is 4.98 Å². The molecule has 5 rings (SSSR count). The fraction of sp³-hybridized carbons (Fsp3) is 0.281. The number of likely N-dealkylation sites (tertiary alicyclic amines) is 1. The number of amides is 1. The predicted octanol–water partition coefficient (Wildman–Crippen LogP) is 4.76. The van der Waals surface area contributed by atoms with Crippen LogP contribution in [-0.4, -0.2) is 46.0 Å². The largest absolute Gasteiger partial charge is 0.352 e. The molecule has 0 radical (unpaired) electrons. The van der Waals surface area contributed by atoms with Crippen LogP contribution in [0.4, 0.5) is 0 Å². The van der Waals surface area contributed by atoms with Gasteiger partial charge in [0.05, 0.1) is 24.4 Å². The molecule has 4 aromatic rings. The highest BCUT2D eigenvalue weighted by atomic mass is 16.1. The molecule has 1 atom stereocenters. The van der Waals surface area contributed by atoms with Crippen molar-refractivity contribution in [2.75, 3.05) is 19.6 Å². The molecule has 2 heterocycles. The molecule has 0 spiro atoms. The number of benzene rings is 3. The van der Waals surface area contributed by atoms with Crippen LogP contribution in [0, 0.1) is 11.3 Å². The van der Waals surface area contributed by atoms with E-state index in [4.69, 9.17) is 5.26 Å². The van der Waals surface area contributed by atoms with Crippen LogP contribution in [0.5, 0.6) is 0 Å². The van der Waals surface area contributed by atoms with Gasteiger partial charge in [-0.15, -0.1) is 0 Å². The number of rotatable bonds is 9. The third-order valence-corrected chi connectivity index (χ3v) is 7.29. The molecule has 6 heteroatoms. The van der Waals surface area contributed by atoms with Crippen molar-refractivity contribution in [3.8, 4) is 6.07 Å². The summed E-state index contributed by atoms with van der Waals surface area (Å²) in [6.07, 6.45) is 5.88. The normalized spacial score (nSPS) is 15.7. The van der Waals surface area contributed by atoms with Crippen molar-refractivity contribution in [2.24, 2.45) is 0 Å². The van der Waals surface area contributed by atoms with Crippen molar-refractivity contribution < 1.29 is 4.79 Å². The van der Waals surface area contributed by atoms with Crippen molar-refractivity contribution in [1.82, 2.24) is 19.8 Å². The van der Waals surface area contributed by atoms with Gasteiger partial charge in [-0.2, -0.15) is 5.26 Å². The van der Waals surface area contributed by atoms with Crippen molar-refractivity contribution in [2.45, 2.75) is 37.8 Å². The molecule has 0 bridgehead atoms. The van der Waals surface area contributed by atoms with Gasteiger partial charge in [-0.1, -0.05) is 72.8 Å². The van der Waals surface area contributed by atoms with E-state index in [2.05, 4.69) is 81.9 Å². The number of piperidine rings is 1. The molecule has 38 heavy (non-hydrogen) atoms. The number of nitrogens with one attached hydrogen (secondary N) is 1. The van der Waals surface area contributed by atoms with Gasteiger partial charge < -0.3 is 14.8 Å². The number of imidazole rings is 1. The zero-order chi connectivity index (χ0) is 26.2. The quantitative estimate of drug-likeness (QED) is 0.358. The second-order valence-corrected chi connectivity index (χ2v) is 10.0. The molecule has 1 saturated heterocycles. The summed E-state index contributed by atoms with van der Waals surface area (Å²) in [7, 11) is 0. The average Bonchev–Trinajstić information content (AvgIpc) is 3.39. The van der Waals surface area contributed by atoms with E-state index in [-0.39, 0.29) is 11.9 Å². The Morgan fingerprint density at radius 3 is 2.34 bits per heavy atom. The minimum absolute atomic E-state index is 0.0288. The topological polar surface area (TPSA) is 73.9 Å². The standard InChI is InChI=1S/C32H33N5O/c33-19-25-13-15-26(16-14-25)21-37-24-34-20-30(37)18-32(38)35-29-12-7-17-36(22-29)23-31(27-8-3-1-4-9-27)28-10-5-2-6-11-28/h1-6,8-11,13-16,20,24,29,31H,7,12,17-18,21-23H2,(H,35,38). The molecular formula is C32H33N5O. The van der Waals surface area contributed by atoms with E-state index in [1.54, 1.807) is 12.5 Å². The molecule has 3 aromatic carbocycles. The number of hydrogen-bond acceptors (Lipinski definition) is 4. The molecule has 1 amide bonds. The minimum atomic E-state index is 0.0288. The Labute approximate surface area is 224 Å². The summed E-state index contributed by atoms with van der Waals surface area (Å²) < 4.78 is 2.00. The molecule has 1 N–H and O–H groups in total. The molecule has 0 aliphatic carbocycles. The second-order valence-electron chi connectivity index (χ2n) is 10.0. The summed E-state index contributed by atoms with van der Waals surface area (Å²) in [5.74, 6) is 0.324. The van der Waals surface area contributed by atoms with E-state index in [1.165, 1.54) is 11.1 Å². The maximum Gasteiger partial charge on any atom is 0.226 e. The molecule has 1 fully saturated rings. The molecular weight excluding hydrogens is 470 g/mol. The molecule has 1 unspecified atom stereocenters. The Morgan fingerprint density at radius 2 is 1.68 bits per heavy atom. The van der Waals surface area contributed by atoms with E-state index in [0.717, 1.165) is 43.7 Å². The SMILES string of the molecule is N#Cc1ccc(Cn2cncc2CC(=O)NC2CCCN(CC(c3ccccc3)c3ccccc3)C2)cc1. The fourth-order valence-corrected chi connectivity index (χ4v) is 5.33. The fourth-order valence-electron chi connectivity index (χ4n) is 5.33. The van der Waals surface area contributed by atoms with Crippen LogP contribution < -0.4 is 5.32 Å². The lowest BCUT2D eigenvalue weighted by atomic mass is 9.90. The molecule has 1 aromatic heterocycles. The number of hydrogen-bond donors (Lipinski definition) is 1. The lowest BCUT2D eigenvalue weighted by molar-refractivity contribution is -0.121. The van der Waals surface area contributed by atoms with Gasteiger partial charge in [0.1, 0.15) is 0 Å². The van der Waals surface area contributed by atoms with Crippen LogP contribution in [0.2, 0.25) is 0 Å². The number of carbonyl (C=O) groups is 1. The average molecular weight is 504 g/mol. The molecule has 1 aliphatic heterocycles. The zero-order valence-electron chi connectivity index (χ0n) is 21.5. The summed E-state index contributed by atoms with van der Waals surface area (Å²) >= 11 is 0. The van der Waals surface area contributed by atoms with Gasteiger partial charge in [-0.3, -0.25) is 4.79 Å². The van der Waals surface area contributed by atoms with Gasteiger partial charge >= 0.3 is 0 Å². The summed E-state index contributed by atoms with van der Waals surface area (Å²) in [5.41, 5.74) is 5.23. The van der Waals surface area contributed by atoms with Crippen molar-refractivity contribution in [1.29, 1.82) is 5.26 Å². The predicted molar refractivity (Wildman–Crippen MR) is 149 cm³/mol. The first-order valence-electron chi connectivity index (χ1n) is 13.3. The lowest BCUT2D eigenvalue weighted by Crippen LogP contribution is -2.49. The summed E-state index contributed by atoms with van der Waals surface area (Å²) in [6.45, 7) is 3.44. The van der Waals surface area contributed by atoms with E-state index < -0.39 is 0 Å². The maximum absolute atomic E-state index is 13.0. The third-order valence-electron chi connectivity index (χ3n) is 7.29. The summed E-state index contributed by atoms with van der Waals surface area (Å²) in [5, 5.41) is 12.3. The Kier molecular flexibility index (Phi) is 8.27. The van der Waals surface area contributed by atoms with Gasteiger partial charge in [0.2, 0.25) is 5.91 Å². The van der Waals surface area contributed by atoms with Gasteiger partial charge in [-0.05, 0) is 48.2 Å². The smallest absolute Gasteiger partial charge is 0.226 e. The highest BCUT2D eigenvalue weighted by molar-refractivity contribution is 5.78. The van der Waals surface area contributed by atoms with Gasteiger partial charge in [0.15, 0.2) is 0 Å². The van der Waals surface area contributed by atoms with Crippen molar-refractivity contribution >= 4 is 5.91 Å². The van der Waals surface area contributed by atoms with E-state index >= 15 is 0 Å². The van der Waals surface area contributed by atoms with E-state index in [0.29, 0.717) is 24.4 Å². The molecule has 1 aliphatic rings. The first kappa shape index (κ1) is 25.4. The second kappa shape index (κ2) is 12.4. The van der Waals surface area contributed by atoms with Crippen LogP contribution in [0.25, 0.3) is 0 Å². The Balaban J connectivity index is 1.19. The van der Waals surface area contributed by atoms with E-state index in [9.17, 15) is 4.79 Å². The maximum atomic E-state index is 13.0. The van der Waals surface area contributed by atoms with Crippen molar-refractivity contribution in [3.63, 3.8) is 0 Å². The van der Waals surface area contributed by atoms with E-state index in [1.807, 2.05) is 28.8 Å². The van der Waals surface area contributed by atoms with Crippen LogP contribution in [0.15, 0.2) is 97.5 Å². The monoisotopic (exact) mass is 503 g/mol.